The van der Waals surface area contributed by atoms with Gasteiger partial charge in [-0.05, 0) is 19.1 Å². The molecule has 1 aromatic rings. The van der Waals surface area contributed by atoms with Crippen LogP contribution in [0.5, 0.6) is 11.5 Å². The number of ether oxygens (including phenoxy) is 2. The molecule has 0 fully saturated rings. The van der Waals surface area contributed by atoms with E-state index in [4.69, 9.17) is 14.6 Å². The van der Waals surface area contributed by atoms with Crippen LogP contribution in [0.15, 0.2) is 30.4 Å². The molecule has 0 atom stereocenters. The summed E-state index contributed by atoms with van der Waals surface area (Å²) in [5.74, 6) is -0.652. The number of amides is 1. The van der Waals surface area contributed by atoms with Gasteiger partial charge in [0.2, 0.25) is 5.91 Å². The molecule has 0 saturated carbocycles. The van der Waals surface area contributed by atoms with E-state index in [1.54, 1.807) is 18.2 Å². The first-order valence-corrected chi connectivity index (χ1v) is 5.59. The fraction of sp³-hybridized carbons (Fsp3) is 0.231. The fourth-order valence-electron chi connectivity index (χ4n) is 1.35. The average molecular weight is 265 g/mol. The van der Waals surface area contributed by atoms with E-state index in [-0.39, 0.29) is 0 Å². The number of aliphatic carboxylic acids is 1. The van der Waals surface area contributed by atoms with Crippen molar-refractivity contribution in [2.45, 2.75) is 6.92 Å². The van der Waals surface area contributed by atoms with Gasteiger partial charge in [-0.1, -0.05) is 0 Å². The molecular formula is C13H15NO5. The molecule has 2 N–H and O–H groups in total. The lowest BCUT2D eigenvalue weighted by Crippen LogP contribution is -2.09. The Morgan fingerprint density at radius 2 is 2.05 bits per heavy atom. The Hall–Kier alpha value is -2.50. The van der Waals surface area contributed by atoms with Crippen LogP contribution < -0.4 is 14.8 Å². The second kappa shape index (κ2) is 7.05. The standard InChI is InChI=1S/C13H15NO5/c1-3-19-11-8-9(4-5-10(11)18-2)14-12(15)6-7-13(16)17/h4-8H,3H2,1-2H3,(H,14,15)(H,16,17)/b7-6+. The number of benzene rings is 1. The van der Waals surface area contributed by atoms with Crippen molar-refractivity contribution in [1.29, 1.82) is 0 Å². The Morgan fingerprint density at radius 3 is 2.63 bits per heavy atom. The van der Waals surface area contributed by atoms with Gasteiger partial charge in [-0.2, -0.15) is 0 Å². The van der Waals surface area contributed by atoms with Gasteiger partial charge in [-0.3, -0.25) is 4.79 Å². The first-order chi connectivity index (χ1) is 9.06. The summed E-state index contributed by atoms with van der Waals surface area (Å²) in [5, 5.41) is 10.9. The summed E-state index contributed by atoms with van der Waals surface area (Å²) in [4.78, 5) is 21.7. The fourth-order valence-corrected chi connectivity index (χ4v) is 1.35. The second-order valence-corrected chi connectivity index (χ2v) is 3.46. The van der Waals surface area contributed by atoms with E-state index in [9.17, 15) is 9.59 Å². The van der Waals surface area contributed by atoms with Crippen LogP contribution in [0.3, 0.4) is 0 Å². The third-order valence-corrected chi connectivity index (χ3v) is 2.11. The van der Waals surface area contributed by atoms with E-state index in [0.717, 1.165) is 12.2 Å². The molecule has 0 aliphatic heterocycles. The third kappa shape index (κ3) is 4.71. The molecule has 0 aromatic heterocycles. The van der Waals surface area contributed by atoms with Crippen LogP contribution in [0.2, 0.25) is 0 Å². The SMILES string of the molecule is CCOc1cc(NC(=O)/C=C/C(=O)O)ccc1OC. The summed E-state index contributed by atoms with van der Waals surface area (Å²) in [7, 11) is 1.52. The molecule has 0 heterocycles. The Balaban J connectivity index is 2.81. The smallest absolute Gasteiger partial charge is 0.328 e. The number of carboxylic acids is 1. The van der Waals surface area contributed by atoms with Crippen molar-refractivity contribution in [3.63, 3.8) is 0 Å². The van der Waals surface area contributed by atoms with Gasteiger partial charge in [-0.15, -0.1) is 0 Å². The van der Waals surface area contributed by atoms with Gasteiger partial charge in [0.05, 0.1) is 13.7 Å². The van der Waals surface area contributed by atoms with Crippen molar-refractivity contribution in [3.8, 4) is 11.5 Å². The Labute approximate surface area is 110 Å². The molecule has 0 aliphatic rings. The minimum atomic E-state index is -1.18. The summed E-state index contributed by atoms with van der Waals surface area (Å²) in [6, 6.07) is 4.89. The number of rotatable bonds is 6. The predicted octanol–water partition coefficient (Wildman–Crippen LogP) is 1.67. The largest absolute Gasteiger partial charge is 0.493 e. The average Bonchev–Trinajstić information content (AvgIpc) is 2.37. The second-order valence-electron chi connectivity index (χ2n) is 3.46. The van der Waals surface area contributed by atoms with Crippen LogP contribution in [0.1, 0.15) is 6.92 Å². The number of carbonyl (C=O) groups excluding carboxylic acids is 1. The minimum absolute atomic E-state index is 0.465. The van der Waals surface area contributed by atoms with Crippen LogP contribution in [-0.4, -0.2) is 30.7 Å². The highest BCUT2D eigenvalue weighted by Gasteiger charge is 2.06. The van der Waals surface area contributed by atoms with E-state index in [2.05, 4.69) is 5.32 Å². The van der Waals surface area contributed by atoms with Crippen LogP contribution >= 0.6 is 0 Å². The Bertz CT molecular complexity index is 496. The van der Waals surface area contributed by atoms with Gasteiger partial charge >= 0.3 is 5.97 Å². The highest BCUT2D eigenvalue weighted by Crippen LogP contribution is 2.30. The quantitative estimate of drug-likeness (QED) is 0.764. The molecule has 0 radical (unpaired) electrons. The number of hydrogen-bond acceptors (Lipinski definition) is 4. The predicted molar refractivity (Wildman–Crippen MR) is 69.6 cm³/mol. The molecule has 0 bridgehead atoms. The zero-order valence-electron chi connectivity index (χ0n) is 10.7. The van der Waals surface area contributed by atoms with E-state index in [1.165, 1.54) is 7.11 Å². The first kappa shape index (κ1) is 14.6. The molecule has 0 unspecified atom stereocenters. The molecular weight excluding hydrogens is 250 g/mol. The van der Waals surface area contributed by atoms with Crippen molar-refractivity contribution in [2.75, 3.05) is 19.0 Å². The number of nitrogens with one attached hydrogen (secondary N) is 1. The zero-order valence-corrected chi connectivity index (χ0v) is 10.7. The van der Waals surface area contributed by atoms with E-state index in [0.29, 0.717) is 23.8 Å². The molecule has 0 aliphatic carbocycles. The lowest BCUT2D eigenvalue weighted by molar-refractivity contribution is -0.131. The maximum Gasteiger partial charge on any atom is 0.328 e. The van der Waals surface area contributed by atoms with E-state index < -0.39 is 11.9 Å². The third-order valence-electron chi connectivity index (χ3n) is 2.11. The number of carboxylic acid groups (broad SMARTS) is 1. The van der Waals surface area contributed by atoms with Crippen molar-refractivity contribution < 1.29 is 24.2 Å². The topological polar surface area (TPSA) is 84.9 Å². The van der Waals surface area contributed by atoms with Crippen molar-refractivity contribution in [1.82, 2.24) is 0 Å². The van der Waals surface area contributed by atoms with Crippen molar-refractivity contribution in [3.05, 3.63) is 30.4 Å². The molecule has 1 rings (SSSR count). The van der Waals surface area contributed by atoms with Gasteiger partial charge in [0.1, 0.15) is 0 Å². The summed E-state index contributed by atoms with van der Waals surface area (Å²) < 4.78 is 10.5. The zero-order chi connectivity index (χ0) is 14.3. The van der Waals surface area contributed by atoms with Crippen LogP contribution in [-0.2, 0) is 9.59 Å². The number of carbonyl (C=O) groups is 2. The molecule has 6 heteroatoms. The molecule has 1 amide bonds. The lowest BCUT2D eigenvalue weighted by atomic mass is 10.2. The van der Waals surface area contributed by atoms with Gasteiger partial charge in [0.15, 0.2) is 11.5 Å². The summed E-state index contributed by atoms with van der Waals surface area (Å²) >= 11 is 0. The number of methoxy groups -OCH3 is 1. The van der Waals surface area contributed by atoms with Gasteiger partial charge < -0.3 is 19.9 Å². The number of anilines is 1. The van der Waals surface area contributed by atoms with Gasteiger partial charge in [0.25, 0.3) is 0 Å². The molecule has 0 spiro atoms. The van der Waals surface area contributed by atoms with E-state index >= 15 is 0 Å². The van der Waals surface area contributed by atoms with Crippen LogP contribution in [0.4, 0.5) is 5.69 Å². The molecule has 0 saturated heterocycles. The first-order valence-electron chi connectivity index (χ1n) is 5.59. The van der Waals surface area contributed by atoms with E-state index in [1.807, 2.05) is 6.92 Å². The maximum atomic E-state index is 11.4. The molecule has 6 nitrogen and oxygen atoms in total. The maximum absolute atomic E-state index is 11.4. The van der Waals surface area contributed by atoms with Gasteiger partial charge in [0, 0.05) is 23.9 Å². The summed E-state index contributed by atoms with van der Waals surface area (Å²) in [5.41, 5.74) is 0.490. The molecule has 102 valence electrons. The normalized spacial score (nSPS) is 10.2. The van der Waals surface area contributed by atoms with Crippen LogP contribution in [0.25, 0.3) is 0 Å². The molecule has 19 heavy (non-hydrogen) atoms. The highest BCUT2D eigenvalue weighted by molar-refractivity contribution is 6.02. The van der Waals surface area contributed by atoms with Crippen molar-refractivity contribution >= 4 is 17.6 Å². The van der Waals surface area contributed by atoms with Gasteiger partial charge in [-0.25, -0.2) is 4.79 Å². The summed E-state index contributed by atoms with van der Waals surface area (Å²) in [6.45, 7) is 2.30. The Kier molecular flexibility index (Phi) is 5.40. The molecule has 1 aromatic carbocycles. The highest BCUT2D eigenvalue weighted by atomic mass is 16.5. The number of hydrogen-bond donors (Lipinski definition) is 2. The monoisotopic (exact) mass is 265 g/mol. The van der Waals surface area contributed by atoms with Crippen molar-refractivity contribution in [2.24, 2.45) is 0 Å². The minimum Gasteiger partial charge on any atom is -0.493 e. The lowest BCUT2D eigenvalue weighted by Gasteiger charge is -2.11. The van der Waals surface area contributed by atoms with Crippen LogP contribution in [0, 0.1) is 0 Å². The Morgan fingerprint density at radius 1 is 1.32 bits per heavy atom. The summed E-state index contributed by atoms with van der Waals surface area (Å²) in [6.07, 6.45) is 1.70.